The summed E-state index contributed by atoms with van der Waals surface area (Å²) in [6.07, 6.45) is 4.17. The number of aromatic amines is 1. The Morgan fingerprint density at radius 3 is 2.79 bits per heavy atom. The molecule has 1 aromatic carbocycles. The number of H-pyrrole nitrogens is 1. The summed E-state index contributed by atoms with van der Waals surface area (Å²) in [5.41, 5.74) is 3.37. The highest BCUT2D eigenvalue weighted by atomic mass is 16.1. The third-order valence-corrected chi connectivity index (χ3v) is 3.09. The van der Waals surface area contributed by atoms with Gasteiger partial charge in [-0.05, 0) is 30.9 Å². The van der Waals surface area contributed by atoms with E-state index in [0.29, 0.717) is 13.0 Å². The van der Waals surface area contributed by atoms with Gasteiger partial charge < -0.3 is 5.32 Å². The van der Waals surface area contributed by atoms with Gasteiger partial charge in [-0.15, -0.1) is 0 Å². The summed E-state index contributed by atoms with van der Waals surface area (Å²) in [6.45, 7) is 2.71. The van der Waals surface area contributed by atoms with Crippen molar-refractivity contribution in [2.75, 3.05) is 6.54 Å². The Balaban J connectivity index is 1.66. The zero-order valence-corrected chi connectivity index (χ0v) is 11.1. The minimum atomic E-state index is 0.0788. The van der Waals surface area contributed by atoms with E-state index in [-0.39, 0.29) is 5.91 Å². The van der Waals surface area contributed by atoms with E-state index in [2.05, 4.69) is 15.5 Å². The zero-order valence-electron chi connectivity index (χ0n) is 11.1. The summed E-state index contributed by atoms with van der Waals surface area (Å²) in [5.74, 6) is 0.0788. The zero-order chi connectivity index (χ0) is 13.5. The Morgan fingerprint density at radius 2 is 2.11 bits per heavy atom. The van der Waals surface area contributed by atoms with E-state index in [0.717, 1.165) is 24.1 Å². The Labute approximate surface area is 113 Å². The van der Waals surface area contributed by atoms with Crippen molar-refractivity contribution in [2.45, 2.75) is 26.2 Å². The van der Waals surface area contributed by atoms with Gasteiger partial charge in [0.15, 0.2) is 0 Å². The van der Waals surface area contributed by atoms with Crippen LogP contribution in [0.1, 0.15) is 23.2 Å². The molecule has 0 spiro atoms. The van der Waals surface area contributed by atoms with Crippen LogP contribution < -0.4 is 5.32 Å². The quantitative estimate of drug-likeness (QED) is 0.778. The van der Waals surface area contributed by atoms with Gasteiger partial charge in [0.2, 0.25) is 5.91 Å². The van der Waals surface area contributed by atoms with Crippen LogP contribution in [0.2, 0.25) is 0 Å². The molecule has 1 aromatic heterocycles. The molecule has 0 aliphatic carbocycles. The fourth-order valence-corrected chi connectivity index (χ4v) is 1.98. The van der Waals surface area contributed by atoms with Crippen LogP contribution in [0.5, 0.6) is 0 Å². The highest BCUT2D eigenvalue weighted by Gasteiger charge is 2.03. The molecule has 0 radical (unpaired) electrons. The molecule has 1 heterocycles. The van der Waals surface area contributed by atoms with Gasteiger partial charge in [0.05, 0.1) is 12.6 Å². The number of amides is 1. The molecule has 1 amide bonds. The highest BCUT2D eigenvalue weighted by molar-refractivity contribution is 5.78. The molecule has 2 aromatic rings. The molecule has 4 heteroatoms. The van der Waals surface area contributed by atoms with Gasteiger partial charge in [-0.1, -0.05) is 30.3 Å². The lowest BCUT2D eigenvalue weighted by molar-refractivity contribution is -0.120. The maximum Gasteiger partial charge on any atom is 0.224 e. The van der Waals surface area contributed by atoms with E-state index in [1.54, 1.807) is 0 Å². The summed E-state index contributed by atoms with van der Waals surface area (Å²) >= 11 is 0. The number of aromatic nitrogens is 2. The average Bonchev–Trinajstić information content (AvgIpc) is 2.81. The monoisotopic (exact) mass is 257 g/mol. The number of hydrogen-bond donors (Lipinski definition) is 2. The second-order valence-corrected chi connectivity index (χ2v) is 4.64. The highest BCUT2D eigenvalue weighted by Crippen LogP contribution is 2.05. The van der Waals surface area contributed by atoms with Gasteiger partial charge in [0.25, 0.3) is 0 Å². The van der Waals surface area contributed by atoms with Crippen molar-refractivity contribution in [1.29, 1.82) is 0 Å². The number of nitrogens with zero attached hydrogens (tertiary/aromatic N) is 1. The predicted octanol–water partition coefficient (Wildman–Crippen LogP) is 2.01. The lowest BCUT2D eigenvalue weighted by Gasteiger charge is -2.05. The van der Waals surface area contributed by atoms with Crippen LogP contribution >= 0.6 is 0 Å². The molecule has 0 saturated heterocycles. The number of hydrogen-bond acceptors (Lipinski definition) is 2. The van der Waals surface area contributed by atoms with E-state index in [9.17, 15) is 4.79 Å². The van der Waals surface area contributed by atoms with Gasteiger partial charge in [-0.2, -0.15) is 5.10 Å². The first-order valence-electron chi connectivity index (χ1n) is 6.55. The summed E-state index contributed by atoms with van der Waals surface area (Å²) in [5, 5.41) is 9.84. The first-order chi connectivity index (χ1) is 9.25. The molecule has 0 atom stereocenters. The standard InChI is InChI=1S/C15H19N3O/c1-12-14(11-17-18-12)8-5-9-16-15(19)10-13-6-3-2-4-7-13/h2-4,6-7,11H,5,8-10H2,1H3,(H,16,19)(H,17,18). The van der Waals surface area contributed by atoms with Crippen LogP contribution in [0.15, 0.2) is 36.5 Å². The van der Waals surface area contributed by atoms with Crippen LogP contribution in [0, 0.1) is 6.92 Å². The minimum absolute atomic E-state index is 0.0788. The number of aryl methyl sites for hydroxylation is 2. The number of benzene rings is 1. The maximum atomic E-state index is 11.7. The van der Waals surface area contributed by atoms with E-state index in [4.69, 9.17) is 0 Å². The Bertz CT molecular complexity index is 519. The fraction of sp³-hybridized carbons (Fsp3) is 0.333. The second kappa shape index (κ2) is 6.73. The van der Waals surface area contributed by atoms with Crippen molar-refractivity contribution >= 4 is 5.91 Å². The van der Waals surface area contributed by atoms with Crippen LogP contribution in [0.4, 0.5) is 0 Å². The summed E-state index contributed by atoms with van der Waals surface area (Å²) in [7, 11) is 0. The van der Waals surface area contributed by atoms with Gasteiger partial charge in [-0.3, -0.25) is 9.89 Å². The van der Waals surface area contributed by atoms with Crippen LogP contribution in [-0.4, -0.2) is 22.6 Å². The molecule has 0 aliphatic rings. The SMILES string of the molecule is Cc1[nH]ncc1CCCNC(=O)Cc1ccccc1. The topological polar surface area (TPSA) is 57.8 Å². The largest absolute Gasteiger partial charge is 0.356 e. The van der Waals surface area contributed by atoms with E-state index in [1.165, 1.54) is 5.56 Å². The van der Waals surface area contributed by atoms with Crippen molar-refractivity contribution in [3.63, 3.8) is 0 Å². The van der Waals surface area contributed by atoms with Crippen molar-refractivity contribution in [2.24, 2.45) is 0 Å². The number of carbonyl (C=O) groups is 1. The van der Waals surface area contributed by atoms with E-state index in [1.807, 2.05) is 43.5 Å². The van der Waals surface area contributed by atoms with Crippen LogP contribution in [0.3, 0.4) is 0 Å². The molecule has 100 valence electrons. The minimum Gasteiger partial charge on any atom is -0.356 e. The predicted molar refractivity (Wildman–Crippen MR) is 74.8 cm³/mol. The molecule has 4 nitrogen and oxygen atoms in total. The number of carbonyl (C=O) groups excluding carboxylic acids is 1. The number of nitrogens with one attached hydrogen (secondary N) is 2. The lowest BCUT2D eigenvalue weighted by Crippen LogP contribution is -2.26. The molecule has 0 fully saturated rings. The molecule has 2 N–H and O–H groups in total. The van der Waals surface area contributed by atoms with Crippen LogP contribution in [0.25, 0.3) is 0 Å². The summed E-state index contributed by atoms with van der Waals surface area (Å²) < 4.78 is 0. The molecule has 0 unspecified atom stereocenters. The van der Waals surface area contributed by atoms with Crippen LogP contribution in [-0.2, 0) is 17.6 Å². The molecule has 2 rings (SSSR count). The fourth-order valence-electron chi connectivity index (χ4n) is 1.98. The Kier molecular flexibility index (Phi) is 4.72. The summed E-state index contributed by atoms with van der Waals surface area (Å²) in [6, 6.07) is 9.78. The smallest absolute Gasteiger partial charge is 0.224 e. The molecule has 19 heavy (non-hydrogen) atoms. The van der Waals surface area contributed by atoms with E-state index >= 15 is 0 Å². The number of rotatable bonds is 6. The third-order valence-electron chi connectivity index (χ3n) is 3.09. The second-order valence-electron chi connectivity index (χ2n) is 4.64. The first-order valence-corrected chi connectivity index (χ1v) is 6.55. The molecular weight excluding hydrogens is 238 g/mol. The lowest BCUT2D eigenvalue weighted by atomic mass is 10.1. The van der Waals surface area contributed by atoms with Gasteiger partial charge in [0, 0.05) is 12.2 Å². The Hall–Kier alpha value is -2.10. The normalized spacial score (nSPS) is 10.4. The Morgan fingerprint density at radius 1 is 1.32 bits per heavy atom. The van der Waals surface area contributed by atoms with Gasteiger partial charge in [0.1, 0.15) is 0 Å². The van der Waals surface area contributed by atoms with Crippen molar-refractivity contribution in [3.05, 3.63) is 53.3 Å². The average molecular weight is 257 g/mol. The maximum absolute atomic E-state index is 11.7. The van der Waals surface area contributed by atoms with E-state index < -0.39 is 0 Å². The van der Waals surface area contributed by atoms with Gasteiger partial charge in [-0.25, -0.2) is 0 Å². The molecule has 0 saturated carbocycles. The molecular formula is C15H19N3O. The summed E-state index contributed by atoms with van der Waals surface area (Å²) in [4.78, 5) is 11.7. The van der Waals surface area contributed by atoms with Crippen molar-refractivity contribution in [1.82, 2.24) is 15.5 Å². The molecule has 0 aliphatic heterocycles. The van der Waals surface area contributed by atoms with Crippen molar-refractivity contribution in [3.8, 4) is 0 Å². The molecule has 0 bridgehead atoms. The third kappa shape index (κ3) is 4.25. The van der Waals surface area contributed by atoms with Gasteiger partial charge >= 0.3 is 0 Å². The first kappa shape index (κ1) is 13.3. The van der Waals surface area contributed by atoms with Crippen molar-refractivity contribution < 1.29 is 4.79 Å².